The normalized spacial score (nSPS) is 14.1. The molecular weight excluding hydrogens is 128 g/mol. The molecule has 0 aliphatic carbocycles. The SMILES string of the molecule is CCCC(Cl)C[S]. The van der Waals surface area contributed by atoms with Crippen LogP contribution in [0, 0.1) is 0 Å². The minimum atomic E-state index is 0.236. The Morgan fingerprint density at radius 1 is 1.71 bits per heavy atom. The minimum absolute atomic E-state index is 0.236. The van der Waals surface area contributed by atoms with E-state index in [4.69, 9.17) is 24.2 Å². The van der Waals surface area contributed by atoms with Gasteiger partial charge in [-0.3, -0.25) is 0 Å². The first-order chi connectivity index (χ1) is 3.31. The van der Waals surface area contributed by atoms with Gasteiger partial charge in [0.15, 0.2) is 0 Å². The van der Waals surface area contributed by atoms with Gasteiger partial charge in [-0.25, -0.2) is 0 Å². The summed E-state index contributed by atoms with van der Waals surface area (Å²) in [5.41, 5.74) is 0. The van der Waals surface area contributed by atoms with E-state index < -0.39 is 0 Å². The molecule has 43 valence electrons. The van der Waals surface area contributed by atoms with E-state index in [1.807, 2.05) is 0 Å². The first-order valence-corrected chi connectivity index (χ1v) is 3.54. The van der Waals surface area contributed by atoms with E-state index >= 15 is 0 Å². The van der Waals surface area contributed by atoms with Crippen molar-refractivity contribution in [2.75, 3.05) is 5.75 Å². The maximum Gasteiger partial charge on any atom is 0.0434 e. The van der Waals surface area contributed by atoms with Crippen LogP contribution in [0.4, 0.5) is 0 Å². The summed E-state index contributed by atoms with van der Waals surface area (Å²) in [7, 11) is 0. The largest absolute Gasteiger partial charge is 0.122 e. The highest BCUT2D eigenvalue weighted by Crippen LogP contribution is 2.05. The molecule has 0 saturated heterocycles. The third-order valence-corrected chi connectivity index (χ3v) is 1.74. The van der Waals surface area contributed by atoms with Crippen LogP contribution in [0.3, 0.4) is 0 Å². The molecule has 7 heavy (non-hydrogen) atoms. The van der Waals surface area contributed by atoms with Crippen LogP contribution < -0.4 is 0 Å². The van der Waals surface area contributed by atoms with Crippen LogP contribution in [0.15, 0.2) is 0 Å². The number of halogens is 1. The van der Waals surface area contributed by atoms with Crippen molar-refractivity contribution in [2.24, 2.45) is 0 Å². The molecule has 0 aromatic rings. The van der Waals surface area contributed by atoms with Gasteiger partial charge in [-0.1, -0.05) is 26.0 Å². The van der Waals surface area contributed by atoms with Gasteiger partial charge < -0.3 is 0 Å². The zero-order valence-corrected chi connectivity index (χ0v) is 6.06. The summed E-state index contributed by atoms with van der Waals surface area (Å²) in [6.07, 6.45) is 2.20. The fourth-order valence-electron chi connectivity index (χ4n) is 0.397. The van der Waals surface area contributed by atoms with E-state index in [9.17, 15) is 0 Å². The molecule has 0 bridgehead atoms. The van der Waals surface area contributed by atoms with E-state index in [2.05, 4.69) is 6.92 Å². The Morgan fingerprint density at radius 3 is 2.43 bits per heavy atom. The van der Waals surface area contributed by atoms with Crippen molar-refractivity contribution >= 4 is 24.2 Å². The number of rotatable bonds is 3. The minimum Gasteiger partial charge on any atom is -0.122 e. The molecule has 0 fully saturated rings. The van der Waals surface area contributed by atoms with Crippen molar-refractivity contribution in [3.63, 3.8) is 0 Å². The second-order valence-corrected chi connectivity index (χ2v) is 2.50. The van der Waals surface area contributed by atoms with Gasteiger partial charge in [-0.2, -0.15) is 0 Å². The summed E-state index contributed by atoms with van der Waals surface area (Å²) >= 11 is 10.4. The van der Waals surface area contributed by atoms with Gasteiger partial charge in [0.05, 0.1) is 0 Å². The molecule has 0 heterocycles. The number of alkyl halides is 1. The molecule has 0 N–H and O–H groups in total. The van der Waals surface area contributed by atoms with Crippen LogP contribution >= 0.6 is 24.2 Å². The molecule has 0 amide bonds. The summed E-state index contributed by atoms with van der Waals surface area (Å²) in [5.74, 6) is 0.690. The van der Waals surface area contributed by atoms with Crippen molar-refractivity contribution in [1.82, 2.24) is 0 Å². The summed E-state index contributed by atoms with van der Waals surface area (Å²) in [5, 5.41) is 0.236. The van der Waals surface area contributed by atoms with Crippen molar-refractivity contribution < 1.29 is 0 Å². The zero-order valence-electron chi connectivity index (χ0n) is 4.48. The van der Waals surface area contributed by atoms with Gasteiger partial charge in [0.25, 0.3) is 0 Å². The van der Waals surface area contributed by atoms with E-state index in [0.29, 0.717) is 5.75 Å². The third-order valence-electron chi connectivity index (χ3n) is 0.783. The van der Waals surface area contributed by atoms with Crippen LogP contribution in [-0.2, 0) is 0 Å². The third kappa shape index (κ3) is 4.49. The molecule has 2 heteroatoms. The van der Waals surface area contributed by atoms with Gasteiger partial charge in [-0.05, 0) is 6.42 Å². The predicted octanol–water partition coefficient (Wildman–Crippen LogP) is 2.59. The van der Waals surface area contributed by atoms with Crippen molar-refractivity contribution in [1.29, 1.82) is 0 Å². The lowest BCUT2D eigenvalue weighted by Gasteiger charge is -1.98. The fourth-order valence-corrected chi connectivity index (χ4v) is 0.781. The van der Waals surface area contributed by atoms with Crippen LogP contribution in [-0.4, -0.2) is 11.1 Å². The Hall–Kier alpha value is 0.640. The van der Waals surface area contributed by atoms with Crippen molar-refractivity contribution in [2.45, 2.75) is 25.1 Å². The molecular formula is C5H10ClS. The van der Waals surface area contributed by atoms with Gasteiger partial charge in [0, 0.05) is 11.1 Å². The smallest absolute Gasteiger partial charge is 0.0434 e. The van der Waals surface area contributed by atoms with Crippen molar-refractivity contribution in [3.05, 3.63) is 0 Å². The fraction of sp³-hybridized carbons (Fsp3) is 1.00. The maximum atomic E-state index is 5.66. The average Bonchev–Trinajstić information content (AvgIpc) is 1.68. The second kappa shape index (κ2) is 4.79. The quantitative estimate of drug-likeness (QED) is 0.525. The first-order valence-electron chi connectivity index (χ1n) is 2.53. The highest BCUT2D eigenvalue weighted by molar-refractivity contribution is 7.80. The lowest BCUT2D eigenvalue weighted by atomic mass is 10.3. The van der Waals surface area contributed by atoms with Crippen LogP contribution in [0.2, 0.25) is 0 Å². The van der Waals surface area contributed by atoms with E-state index in [0.717, 1.165) is 12.8 Å². The van der Waals surface area contributed by atoms with E-state index in [1.54, 1.807) is 0 Å². The second-order valence-electron chi connectivity index (χ2n) is 1.55. The molecule has 1 unspecified atom stereocenters. The Kier molecular flexibility index (Phi) is 5.23. The Morgan fingerprint density at radius 2 is 2.29 bits per heavy atom. The molecule has 1 atom stereocenters. The highest BCUT2D eigenvalue weighted by Gasteiger charge is 1.96. The summed E-state index contributed by atoms with van der Waals surface area (Å²) < 4.78 is 0. The van der Waals surface area contributed by atoms with Crippen molar-refractivity contribution in [3.8, 4) is 0 Å². The molecule has 0 rings (SSSR count). The average molecular weight is 138 g/mol. The zero-order chi connectivity index (χ0) is 5.70. The van der Waals surface area contributed by atoms with Gasteiger partial charge in [-0.15, -0.1) is 11.6 Å². The van der Waals surface area contributed by atoms with Gasteiger partial charge in [0.1, 0.15) is 0 Å². The van der Waals surface area contributed by atoms with Gasteiger partial charge in [0.2, 0.25) is 0 Å². The molecule has 0 aromatic heterocycles. The van der Waals surface area contributed by atoms with E-state index in [-0.39, 0.29) is 5.38 Å². The Balaban J connectivity index is 2.83. The molecule has 0 aromatic carbocycles. The highest BCUT2D eigenvalue weighted by atomic mass is 35.5. The summed E-state index contributed by atoms with van der Waals surface area (Å²) in [6, 6.07) is 0. The Labute approximate surface area is 55.7 Å². The summed E-state index contributed by atoms with van der Waals surface area (Å²) in [4.78, 5) is 0. The number of hydrogen-bond donors (Lipinski definition) is 0. The first kappa shape index (κ1) is 7.64. The standard InChI is InChI=1S/C5H10ClS/c1-2-3-5(6)4-7/h5H,2-4H2,1H3. The Bertz CT molecular complexity index is 39.1. The molecule has 0 nitrogen and oxygen atoms in total. The summed E-state index contributed by atoms with van der Waals surface area (Å²) in [6.45, 7) is 2.11. The predicted molar refractivity (Wildman–Crippen MR) is 37.0 cm³/mol. The molecule has 0 saturated carbocycles. The lowest BCUT2D eigenvalue weighted by Crippen LogP contribution is -1.97. The van der Waals surface area contributed by atoms with Crippen LogP contribution in [0.5, 0.6) is 0 Å². The molecule has 1 radical (unpaired) electrons. The molecule has 0 aliphatic rings. The number of hydrogen-bond acceptors (Lipinski definition) is 0. The van der Waals surface area contributed by atoms with Gasteiger partial charge >= 0.3 is 0 Å². The molecule has 0 spiro atoms. The lowest BCUT2D eigenvalue weighted by molar-refractivity contribution is 0.787. The molecule has 0 aliphatic heterocycles. The topological polar surface area (TPSA) is 0 Å². The monoisotopic (exact) mass is 137 g/mol. The van der Waals surface area contributed by atoms with E-state index in [1.165, 1.54) is 0 Å². The van der Waals surface area contributed by atoms with Crippen LogP contribution in [0.25, 0.3) is 0 Å². The maximum absolute atomic E-state index is 5.66. The van der Waals surface area contributed by atoms with Crippen LogP contribution in [0.1, 0.15) is 19.8 Å².